The molecule has 4 aliphatic heterocycles. The third kappa shape index (κ3) is 23.0. The molecule has 532 valence electrons. The fourth-order valence-electron chi connectivity index (χ4n) is 10.2. The molecular weight excluding hydrogens is 1250 g/mol. The Bertz CT molecular complexity index is 2810. The van der Waals surface area contributed by atoms with Crippen LogP contribution in [0.3, 0.4) is 0 Å². The third-order valence-corrected chi connectivity index (χ3v) is 13.9. The van der Waals surface area contributed by atoms with Gasteiger partial charge >= 0.3 is 42.5 Å². The zero-order valence-electron chi connectivity index (χ0n) is 56.2. The molecule has 4 heterocycles. The highest BCUT2D eigenvalue weighted by Gasteiger charge is 2.62. The van der Waals surface area contributed by atoms with Gasteiger partial charge in [-0.2, -0.15) is 0 Å². The summed E-state index contributed by atoms with van der Waals surface area (Å²) in [5.74, 6) is -1.05. The van der Waals surface area contributed by atoms with Gasteiger partial charge in [-0.25, -0.2) is 33.6 Å². The van der Waals surface area contributed by atoms with Crippen LogP contribution in [0.5, 0.6) is 0 Å². The van der Waals surface area contributed by atoms with Crippen LogP contribution in [0.1, 0.15) is 141 Å². The molecular formula is C60H95N7O27. The maximum atomic E-state index is 14.0. The number of nitro benzene ring substituents is 1. The Morgan fingerprint density at radius 2 is 0.862 bits per heavy atom. The second kappa shape index (κ2) is 30.1. The third-order valence-electron chi connectivity index (χ3n) is 13.9. The van der Waals surface area contributed by atoms with E-state index in [0.29, 0.717) is 0 Å². The average Bonchev–Trinajstić information content (AvgIpc) is 1.53. The minimum absolute atomic E-state index is 0.161. The Labute approximate surface area is 544 Å². The number of ether oxygens (including phenoxy) is 14. The van der Waals surface area contributed by atoms with Crippen LogP contribution in [-0.2, 0) is 66.3 Å². The molecule has 0 spiro atoms. The monoisotopic (exact) mass is 1350 g/mol. The molecule has 1 saturated carbocycles. The molecule has 6 rings (SSSR count). The van der Waals surface area contributed by atoms with E-state index in [0.717, 1.165) is 24.3 Å². The molecule has 0 radical (unpaired) electrons. The topological polar surface area (TPSA) is 448 Å². The molecule has 34 nitrogen and oxygen atoms in total. The number of hydrogen-bond acceptors (Lipinski definition) is 27. The molecule has 10 N–H and O–H groups in total. The van der Waals surface area contributed by atoms with E-state index < -0.39 is 217 Å². The van der Waals surface area contributed by atoms with Gasteiger partial charge < -0.3 is 119 Å². The van der Waals surface area contributed by atoms with E-state index >= 15 is 0 Å². The zero-order valence-corrected chi connectivity index (χ0v) is 56.2. The number of benzene rings is 1. The number of nitrogens with zero attached hydrogens (tertiary/aromatic N) is 1. The second-order valence-electron chi connectivity index (χ2n) is 29.2. The molecule has 34 heteroatoms. The summed E-state index contributed by atoms with van der Waals surface area (Å²) in [5.41, 5.74) is -6.80. The number of epoxide rings is 1. The SMILES string of the molecule is CC(C)(C)OC(=O)NC[C@@H]1O[C@H](O[C@H]2[C@@H](O)[C@H](O[C@@H]3[C@@H](O)[C@H](NC(=O)OC(C)(C)C)C[C@H](NC(=O)OC(C)(C)C)[C@H]3O[C@H]3O[C@H](CNC(=O)OC(C)(C)C)[C@@H](O)[C@H](O)[C@H]3NC(=O)OC(C)(C)C)O[C@@H]2COC(=O)c2ccc([N+](=O)[O-])cc2)[C@H](NC(=O)OC(C)(C)C)[C@H]2O[C@H]21. The molecule has 5 aliphatic rings. The normalized spacial score (nSPS) is 31.2. The second-order valence-corrected chi connectivity index (χ2v) is 29.2. The zero-order chi connectivity index (χ0) is 70.5. The van der Waals surface area contributed by atoms with Gasteiger partial charge in [-0.1, -0.05) is 0 Å². The fraction of sp³-hybridized carbons (Fsp3) is 0.783. The molecule has 5 fully saturated rings. The van der Waals surface area contributed by atoms with Crippen LogP contribution in [0.25, 0.3) is 0 Å². The summed E-state index contributed by atoms with van der Waals surface area (Å²) in [6.45, 7) is 27.0. The van der Waals surface area contributed by atoms with Crippen molar-refractivity contribution in [2.24, 2.45) is 0 Å². The number of nitrogens with one attached hydrogen (secondary N) is 6. The number of hydrogen-bond donors (Lipinski definition) is 10. The van der Waals surface area contributed by atoms with Crippen LogP contribution in [0, 0.1) is 10.1 Å². The van der Waals surface area contributed by atoms with Crippen LogP contribution in [-0.4, -0.2) is 237 Å². The first-order valence-electron chi connectivity index (χ1n) is 30.8. The highest BCUT2D eigenvalue weighted by Crippen LogP contribution is 2.41. The van der Waals surface area contributed by atoms with Crippen molar-refractivity contribution >= 4 is 48.2 Å². The van der Waals surface area contributed by atoms with Crippen molar-refractivity contribution in [1.29, 1.82) is 0 Å². The van der Waals surface area contributed by atoms with Gasteiger partial charge in [0.2, 0.25) is 0 Å². The van der Waals surface area contributed by atoms with Crippen molar-refractivity contribution in [2.45, 2.75) is 281 Å². The molecule has 94 heavy (non-hydrogen) atoms. The maximum Gasteiger partial charge on any atom is 0.408 e. The average molecular weight is 1350 g/mol. The number of non-ortho nitro benzene ring substituents is 1. The number of fused-ring (bicyclic) bond motifs is 1. The van der Waals surface area contributed by atoms with Gasteiger partial charge in [0.05, 0.1) is 22.6 Å². The van der Waals surface area contributed by atoms with Crippen LogP contribution < -0.4 is 31.9 Å². The Morgan fingerprint density at radius 3 is 1.35 bits per heavy atom. The first-order valence-corrected chi connectivity index (χ1v) is 30.8. The molecule has 1 aliphatic carbocycles. The molecule has 4 saturated heterocycles. The number of alkyl carbamates (subject to hydrolysis) is 6. The Morgan fingerprint density at radius 1 is 0.457 bits per heavy atom. The maximum absolute atomic E-state index is 14.0. The number of aliphatic hydroxyl groups excluding tert-OH is 4. The van der Waals surface area contributed by atoms with Crippen molar-refractivity contribution in [3.8, 4) is 0 Å². The van der Waals surface area contributed by atoms with Crippen LogP contribution in [0.15, 0.2) is 24.3 Å². The summed E-state index contributed by atoms with van der Waals surface area (Å²) in [4.78, 5) is 105. The van der Waals surface area contributed by atoms with E-state index in [9.17, 15) is 64.1 Å². The van der Waals surface area contributed by atoms with Gasteiger partial charge in [0, 0.05) is 25.2 Å². The minimum atomic E-state index is -2.10. The van der Waals surface area contributed by atoms with E-state index in [1.807, 2.05) is 0 Å². The summed E-state index contributed by atoms with van der Waals surface area (Å²) < 4.78 is 83.8. The Balaban J connectivity index is 1.46. The summed E-state index contributed by atoms with van der Waals surface area (Å²) in [6, 6.07) is -1.69. The minimum Gasteiger partial charge on any atom is -0.459 e. The van der Waals surface area contributed by atoms with Crippen LogP contribution in [0.4, 0.5) is 34.5 Å². The van der Waals surface area contributed by atoms with Crippen molar-refractivity contribution < 1.29 is 125 Å². The molecule has 1 aromatic carbocycles. The molecule has 0 aromatic heterocycles. The summed E-state index contributed by atoms with van der Waals surface area (Å²) in [6.07, 6.45) is -31.8. The predicted octanol–water partition coefficient (Wildman–Crippen LogP) is 3.32. The summed E-state index contributed by atoms with van der Waals surface area (Å²) in [5, 5.41) is 76.0. The fourth-order valence-corrected chi connectivity index (χ4v) is 10.2. The van der Waals surface area contributed by atoms with Crippen molar-refractivity contribution in [3.63, 3.8) is 0 Å². The van der Waals surface area contributed by atoms with E-state index in [-0.39, 0.29) is 17.8 Å². The first-order chi connectivity index (χ1) is 43.1. The molecule has 0 unspecified atom stereocenters. The highest BCUT2D eigenvalue weighted by atomic mass is 16.8. The smallest absolute Gasteiger partial charge is 0.408 e. The van der Waals surface area contributed by atoms with Crippen LogP contribution in [0.2, 0.25) is 0 Å². The number of carbonyl (C=O) groups is 7. The molecule has 1 aromatic rings. The number of aliphatic hydroxyl groups is 4. The lowest BCUT2D eigenvalue weighted by Crippen LogP contribution is -2.70. The summed E-state index contributed by atoms with van der Waals surface area (Å²) in [7, 11) is 0. The lowest BCUT2D eigenvalue weighted by Gasteiger charge is -2.49. The lowest BCUT2D eigenvalue weighted by atomic mass is 9.83. The summed E-state index contributed by atoms with van der Waals surface area (Å²) >= 11 is 0. The van der Waals surface area contributed by atoms with Crippen molar-refractivity contribution in [2.75, 3.05) is 19.7 Å². The quantitative estimate of drug-likeness (QED) is 0.0331. The number of amides is 6. The van der Waals surface area contributed by atoms with Crippen molar-refractivity contribution in [1.82, 2.24) is 31.9 Å². The Hall–Kier alpha value is -6.73. The molecule has 19 atom stereocenters. The standard InChI is InChI=1S/C60H95N7O27/c1-55(2,3)89-49(73)61-24-31-37(69)38(70)34(65-53(77)93-59(13,14)15)46(82-31)86-40-30(64-52(76)92-58(10,11)12)23-29(63-51(75)91-57(7,8)9)36(68)44(40)88-48-39(71)41(33(84-48)26-81-45(72)27-19-21-28(22-20-27)67(79)80)87-47-35(66-54(78)94-60(16,17)18)43-42(85-43)32(83-47)25-62-50(74)90-56(4,5)6/h19-22,29-44,46-48,68-71H,23-26H2,1-18H3,(H,61,73)(H,62,74)(H,63,75)(H,64,76)(H,65,77)(H,66,78)/t29-,30+,31-,32+,33-,34-,35-,36+,37-,38-,39-,40-,41-,42+,43-,44-,46-,47-,48+/m1/s1. The largest absolute Gasteiger partial charge is 0.459 e. The van der Waals surface area contributed by atoms with Crippen LogP contribution >= 0.6 is 0 Å². The lowest BCUT2D eigenvalue weighted by molar-refractivity contribution is -0.384. The van der Waals surface area contributed by atoms with Crippen molar-refractivity contribution in [3.05, 3.63) is 39.9 Å². The van der Waals surface area contributed by atoms with Gasteiger partial charge in [0.1, 0.15) is 126 Å². The number of carbonyl (C=O) groups excluding carboxylic acids is 7. The molecule has 6 amide bonds. The van der Waals surface area contributed by atoms with E-state index in [4.69, 9.17) is 66.3 Å². The van der Waals surface area contributed by atoms with Gasteiger partial charge in [0.15, 0.2) is 18.9 Å². The number of nitro groups is 1. The van der Waals surface area contributed by atoms with Gasteiger partial charge in [-0.05, 0) is 143 Å². The van der Waals surface area contributed by atoms with E-state index in [1.54, 1.807) is 125 Å². The first kappa shape index (κ1) is 76.3. The predicted molar refractivity (Wildman–Crippen MR) is 322 cm³/mol. The highest BCUT2D eigenvalue weighted by molar-refractivity contribution is 5.89. The number of esters is 1. The molecule has 0 bridgehead atoms. The van der Waals surface area contributed by atoms with Gasteiger partial charge in [0.25, 0.3) is 5.69 Å². The van der Waals surface area contributed by atoms with E-state index in [2.05, 4.69) is 31.9 Å². The van der Waals surface area contributed by atoms with E-state index in [1.165, 1.54) is 0 Å². The Kier molecular flexibility index (Phi) is 24.5. The van der Waals surface area contributed by atoms with Gasteiger partial charge in [-0.15, -0.1) is 0 Å². The van der Waals surface area contributed by atoms with Gasteiger partial charge in [-0.3, -0.25) is 10.1 Å². The number of rotatable bonds is 18.